The van der Waals surface area contributed by atoms with Gasteiger partial charge in [-0.3, -0.25) is 14.9 Å². The summed E-state index contributed by atoms with van der Waals surface area (Å²) >= 11 is 0. The van der Waals surface area contributed by atoms with E-state index in [1.165, 1.54) is 6.07 Å². The number of nitrogens with zero attached hydrogens (tertiary/aromatic N) is 1. The van der Waals surface area contributed by atoms with Gasteiger partial charge in [-0.1, -0.05) is 18.2 Å². The Balaban J connectivity index is 2.81. The molecule has 5 heteroatoms. The molecule has 0 aliphatic rings. The predicted molar refractivity (Wildman–Crippen MR) is 58.0 cm³/mol. The molecule has 0 fully saturated rings. The van der Waals surface area contributed by atoms with Gasteiger partial charge in [-0.2, -0.15) is 0 Å². The highest BCUT2D eigenvalue weighted by Crippen LogP contribution is 2.18. The molecule has 0 amide bonds. The Bertz CT molecular complexity index is 401. The normalized spacial score (nSPS) is 10.2. The van der Waals surface area contributed by atoms with Crippen LogP contribution < -0.4 is 0 Å². The minimum atomic E-state index is -0.502. The zero-order valence-electron chi connectivity index (χ0n) is 9.17. The number of benzene rings is 1. The first kappa shape index (κ1) is 12.2. The number of esters is 1. The first-order valence-electron chi connectivity index (χ1n) is 4.92. The van der Waals surface area contributed by atoms with E-state index in [-0.39, 0.29) is 18.2 Å². The molecule has 0 N–H and O–H groups in total. The Labute approximate surface area is 93.2 Å². The lowest BCUT2D eigenvalue weighted by Crippen LogP contribution is -2.14. The molecule has 0 saturated heterocycles. The fourth-order valence-corrected chi connectivity index (χ4v) is 1.30. The molecule has 0 radical (unpaired) electrons. The van der Waals surface area contributed by atoms with Gasteiger partial charge in [0.15, 0.2) is 0 Å². The van der Waals surface area contributed by atoms with Crippen molar-refractivity contribution in [1.29, 1.82) is 0 Å². The van der Waals surface area contributed by atoms with E-state index in [0.717, 1.165) is 0 Å². The quantitative estimate of drug-likeness (QED) is 0.445. The molecule has 0 saturated carbocycles. The third-order valence-electron chi connectivity index (χ3n) is 1.89. The maximum atomic E-state index is 11.4. The summed E-state index contributed by atoms with van der Waals surface area (Å²) in [4.78, 5) is 21.5. The number of hydrogen-bond acceptors (Lipinski definition) is 4. The van der Waals surface area contributed by atoms with Gasteiger partial charge >= 0.3 is 5.97 Å². The Morgan fingerprint density at radius 3 is 2.62 bits per heavy atom. The first-order valence-corrected chi connectivity index (χ1v) is 4.92. The molecule has 1 rings (SSSR count). The lowest BCUT2D eigenvalue weighted by molar-refractivity contribution is -0.385. The number of nitro groups is 1. The summed E-state index contributed by atoms with van der Waals surface area (Å²) in [6.07, 6.45) is -0.287. The van der Waals surface area contributed by atoms with Crippen LogP contribution in [0, 0.1) is 10.1 Å². The number of para-hydroxylation sites is 1. The molecule has 1 aromatic carbocycles. The maximum absolute atomic E-state index is 11.4. The summed E-state index contributed by atoms with van der Waals surface area (Å²) < 4.78 is 4.93. The topological polar surface area (TPSA) is 69.4 Å². The van der Waals surface area contributed by atoms with Gasteiger partial charge < -0.3 is 4.74 Å². The van der Waals surface area contributed by atoms with Crippen molar-refractivity contribution in [2.75, 3.05) is 0 Å². The second-order valence-electron chi connectivity index (χ2n) is 3.60. The zero-order chi connectivity index (χ0) is 12.1. The molecule has 0 spiro atoms. The average Bonchev–Trinajstić information content (AvgIpc) is 2.16. The molecule has 0 aliphatic carbocycles. The van der Waals surface area contributed by atoms with Crippen molar-refractivity contribution in [3.05, 3.63) is 39.9 Å². The highest BCUT2D eigenvalue weighted by molar-refractivity contribution is 5.74. The number of nitro benzene ring substituents is 1. The van der Waals surface area contributed by atoms with Crippen molar-refractivity contribution < 1.29 is 14.5 Å². The Morgan fingerprint density at radius 2 is 2.06 bits per heavy atom. The van der Waals surface area contributed by atoms with Crippen LogP contribution in [0.1, 0.15) is 19.4 Å². The van der Waals surface area contributed by atoms with E-state index >= 15 is 0 Å². The van der Waals surface area contributed by atoms with Gasteiger partial charge in [0, 0.05) is 11.6 Å². The minimum Gasteiger partial charge on any atom is -0.463 e. The molecule has 0 atom stereocenters. The van der Waals surface area contributed by atoms with Crippen LogP contribution in [-0.4, -0.2) is 17.0 Å². The van der Waals surface area contributed by atoms with E-state index < -0.39 is 10.9 Å². The molecule has 5 nitrogen and oxygen atoms in total. The Hall–Kier alpha value is -1.91. The third kappa shape index (κ3) is 3.34. The lowest BCUT2D eigenvalue weighted by Gasteiger charge is -2.07. The van der Waals surface area contributed by atoms with Crippen LogP contribution in [-0.2, 0) is 16.0 Å². The zero-order valence-corrected chi connectivity index (χ0v) is 9.17. The SMILES string of the molecule is CC(C)OC(=O)Cc1ccccc1[N+](=O)[O-]. The van der Waals surface area contributed by atoms with Crippen molar-refractivity contribution in [1.82, 2.24) is 0 Å². The summed E-state index contributed by atoms with van der Waals surface area (Å²) in [5.41, 5.74) is 0.321. The second-order valence-corrected chi connectivity index (χ2v) is 3.60. The fraction of sp³-hybridized carbons (Fsp3) is 0.364. The van der Waals surface area contributed by atoms with Crippen LogP contribution in [0.25, 0.3) is 0 Å². The van der Waals surface area contributed by atoms with E-state index in [1.807, 2.05) is 0 Å². The average molecular weight is 223 g/mol. The van der Waals surface area contributed by atoms with Crippen LogP contribution in [0.5, 0.6) is 0 Å². The smallest absolute Gasteiger partial charge is 0.310 e. The summed E-state index contributed by atoms with van der Waals surface area (Å²) in [6.45, 7) is 3.47. The van der Waals surface area contributed by atoms with Gasteiger partial charge in [0.25, 0.3) is 5.69 Å². The van der Waals surface area contributed by atoms with Crippen LogP contribution in [0.3, 0.4) is 0 Å². The number of carbonyl (C=O) groups is 1. The number of hydrogen-bond donors (Lipinski definition) is 0. The maximum Gasteiger partial charge on any atom is 0.310 e. The molecule has 16 heavy (non-hydrogen) atoms. The minimum absolute atomic E-state index is 0.0526. The van der Waals surface area contributed by atoms with E-state index in [4.69, 9.17) is 4.74 Å². The van der Waals surface area contributed by atoms with Crippen molar-refractivity contribution in [2.24, 2.45) is 0 Å². The Morgan fingerprint density at radius 1 is 1.44 bits per heavy atom. The predicted octanol–water partition coefficient (Wildman–Crippen LogP) is 2.09. The van der Waals surface area contributed by atoms with Gasteiger partial charge in [-0.05, 0) is 13.8 Å². The number of carbonyl (C=O) groups excluding carboxylic acids is 1. The third-order valence-corrected chi connectivity index (χ3v) is 1.89. The molecule has 0 bridgehead atoms. The van der Waals surface area contributed by atoms with Crippen LogP contribution in [0.2, 0.25) is 0 Å². The molecule has 0 unspecified atom stereocenters. The van der Waals surface area contributed by atoms with Gasteiger partial charge in [-0.25, -0.2) is 0 Å². The summed E-state index contributed by atoms with van der Waals surface area (Å²) in [7, 11) is 0. The number of rotatable bonds is 4. The van der Waals surface area contributed by atoms with Crippen molar-refractivity contribution in [3.8, 4) is 0 Å². The second kappa shape index (κ2) is 5.25. The van der Waals surface area contributed by atoms with E-state index in [1.54, 1.807) is 32.0 Å². The van der Waals surface area contributed by atoms with Gasteiger partial charge in [-0.15, -0.1) is 0 Å². The molecule has 0 aromatic heterocycles. The monoisotopic (exact) mass is 223 g/mol. The summed E-state index contributed by atoms with van der Waals surface area (Å²) in [5.74, 6) is -0.454. The molecule has 0 heterocycles. The summed E-state index contributed by atoms with van der Waals surface area (Å²) in [6, 6.07) is 6.15. The van der Waals surface area contributed by atoms with E-state index in [2.05, 4.69) is 0 Å². The molecule has 1 aromatic rings. The standard InChI is InChI=1S/C11H13NO4/c1-8(2)16-11(13)7-9-5-3-4-6-10(9)12(14)15/h3-6,8H,7H2,1-2H3. The highest BCUT2D eigenvalue weighted by atomic mass is 16.6. The Kier molecular flexibility index (Phi) is 3.99. The van der Waals surface area contributed by atoms with E-state index in [0.29, 0.717) is 5.56 Å². The summed E-state index contributed by atoms with van der Waals surface area (Å²) in [5, 5.41) is 10.7. The van der Waals surface area contributed by atoms with Crippen molar-refractivity contribution in [3.63, 3.8) is 0 Å². The van der Waals surface area contributed by atoms with Crippen LogP contribution >= 0.6 is 0 Å². The van der Waals surface area contributed by atoms with Gasteiger partial charge in [0.2, 0.25) is 0 Å². The molecule has 86 valence electrons. The highest BCUT2D eigenvalue weighted by Gasteiger charge is 2.16. The van der Waals surface area contributed by atoms with Gasteiger partial charge in [0.1, 0.15) is 0 Å². The van der Waals surface area contributed by atoms with Crippen molar-refractivity contribution >= 4 is 11.7 Å². The molecule has 0 aliphatic heterocycles. The van der Waals surface area contributed by atoms with Crippen LogP contribution in [0.4, 0.5) is 5.69 Å². The first-order chi connectivity index (χ1) is 7.50. The van der Waals surface area contributed by atoms with E-state index in [9.17, 15) is 14.9 Å². The largest absolute Gasteiger partial charge is 0.463 e. The van der Waals surface area contributed by atoms with Crippen LogP contribution in [0.15, 0.2) is 24.3 Å². The number of ether oxygens (including phenoxy) is 1. The molecular formula is C11H13NO4. The fourth-order valence-electron chi connectivity index (χ4n) is 1.30. The van der Waals surface area contributed by atoms with Gasteiger partial charge in [0.05, 0.1) is 17.4 Å². The lowest BCUT2D eigenvalue weighted by atomic mass is 10.1. The van der Waals surface area contributed by atoms with Crippen molar-refractivity contribution in [2.45, 2.75) is 26.4 Å². The molecular weight excluding hydrogens is 210 g/mol.